The van der Waals surface area contributed by atoms with Gasteiger partial charge in [0, 0.05) is 16.6 Å². The highest BCUT2D eigenvalue weighted by atomic mass is 16.5. The van der Waals surface area contributed by atoms with Gasteiger partial charge in [0.15, 0.2) is 0 Å². The molecule has 0 radical (unpaired) electrons. The second-order valence-electron chi connectivity index (χ2n) is 4.38. The summed E-state index contributed by atoms with van der Waals surface area (Å²) in [5.74, 6) is 0.842. The summed E-state index contributed by atoms with van der Waals surface area (Å²) in [6.45, 7) is 0. The molecule has 3 aromatic rings. The summed E-state index contributed by atoms with van der Waals surface area (Å²) < 4.78 is 5.21. The van der Waals surface area contributed by atoms with Gasteiger partial charge in [0.2, 0.25) is 0 Å². The molecule has 0 amide bonds. The van der Waals surface area contributed by atoms with Crippen molar-refractivity contribution in [1.29, 1.82) is 0 Å². The molecule has 0 aliphatic rings. The monoisotopic (exact) mass is 250 g/mol. The van der Waals surface area contributed by atoms with Gasteiger partial charge in [0.05, 0.1) is 18.3 Å². The maximum atomic E-state index is 5.69. The second-order valence-corrected chi connectivity index (χ2v) is 4.38. The number of fused-ring (bicyclic) bond motifs is 1. The Labute approximate surface area is 111 Å². The number of rotatable bonds is 2. The first-order chi connectivity index (χ1) is 9.26. The van der Waals surface area contributed by atoms with Gasteiger partial charge in [0.1, 0.15) is 5.75 Å². The number of pyridine rings is 1. The lowest BCUT2D eigenvalue weighted by molar-refractivity contribution is 0.415. The molecule has 0 unspecified atom stereocenters. The number of methoxy groups -OCH3 is 1. The fourth-order valence-corrected chi connectivity index (χ4v) is 2.05. The van der Waals surface area contributed by atoms with Crippen molar-refractivity contribution in [3.05, 3.63) is 54.6 Å². The second kappa shape index (κ2) is 4.61. The molecule has 0 atom stereocenters. The summed E-state index contributed by atoms with van der Waals surface area (Å²) >= 11 is 0. The van der Waals surface area contributed by atoms with Gasteiger partial charge in [-0.2, -0.15) is 0 Å². The van der Waals surface area contributed by atoms with Crippen LogP contribution in [0.2, 0.25) is 0 Å². The molecule has 0 aliphatic carbocycles. The van der Waals surface area contributed by atoms with E-state index in [1.165, 1.54) is 0 Å². The largest absolute Gasteiger partial charge is 0.497 e. The zero-order chi connectivity index (χ0) is 13.2. The maximum Gasteiger partial charge on any atom is 0.119 e. The van der Waals surface area contributed by atoms with E-state index in [0.29, 0.717) is 0 Å². The Hall–Kier alpha value is -2.55. The van der Waals surface area contributed by atoms with Crippen LogP contribution in [-0.4, -0.2) is 12.1 Å². The van der Waals surface area contributed by atoms with Crippen molar-refractivity contribution in [1.82, 2.24) is 4.98 Å². The molecule has 0 saturated heterocycles. The van der Waals surface area contributed by atoms with Crippen LogP contribution in [0.5, 0.6) is 5.75 Å². The summed E-state index contributed by atoms with van der Waals surface area (Å²) in [5, 5.41) is 1.07. The Morgan fingerprint density at radius 3 is 2.47 bits per heavy atom. The molecule has 3 nitrogen and oxygen atoms in total. The fourth-order valence-electron chi connectivity index (χ4n) is 2.05. The Morgan fingerprint density at radius 2 is 1.74 bits per heavy atom. The third-order valence-electron chi connectivity index (χ3n) is 3.10. The summed E-state index contributed by atoms with van der Waals surface area (Å²) in [4.78, 5) is 4.65. The predicted octanol–water partition coefficient (Wildman–Crippen LogP) is 3.49. The van der Waals surface area contributed by atoms with Crippen LogP contribution < -0.4 is 10.5 Å². The highest BCUT2D eigenvalue weighted by molar-refractivity contribution is 5.83. The van der Waals surface area contributed by atoms with Gasteiger partial charge in [-0.15, -0.1) is 0 Å². The van der Waals surface area contributed by atoms with Crippen molar-refractivity contribution in [2.24, 2.45) is 0 Å². The van der Waals surface area contributed by atoms with Crippen LogP contribution in [-0.2, 0) is 0 Å². The van der Waals surface area contributed by atoms with Crippen LogP contribution in [0.1, 0.15) is 0 Å². The first-order valence-electron chi connectivity index (χ1n) is 6.07. The molecule has 0 spiro atoms. The van der Waals surface area contributed by atoms with Gasteiger partial charge in [-0.1, -0.05) is 18.2 Å². The molecule has 0 bridgehead atoms. The predicted molar refractivity (Wildman–Crippen MR) is 78.1 cm³/mol. The summed E-state index contributed by atoms with van der Waals surface area (Å²) in [6.07, 6.45) is 0. The average Bonchev–Trinajstić information content (AvgIpc) is 2.47. The number of nitrogen functional groups attached to an aromatic ring is 1. The molecule has 3 rings (SSSR count). The summed E-state index contributed by atoms with van der Waals surface area (Å²) in [5.41, 5.74) is 9.41. The summed E-state index contributed by atoms with van der Waals surface area (Å²) in [6, 6.07) is 17.7. The number of aromatic nitrogens is 1. The van der Waals surface area contributed by atoms with Crippen LogP contribution in [0.3, 0.4) is 0 Å². The number of nitrogens with zero attached hydrogens (tertiary/aromatic N) is 1. The summed E-state index contributed by atoms with van der Waals surface area (Å²) in [7, 11) is 1.66. The molecule has 1 heterocycles. The zero-order valence-electron chi connectivity index (χ0n) is 10.6. The molecule has 3 heteroatoms. The molecule has 0 saturated carbocycles. The lowest BCUT2D eigenvalue weighted by Crippen LogP contribution is -1.88. The molecular formula is C16H14N2O. The standard InChI is InChI=1S/C16H14N2O/c1-19-14-7-9-16-12(10-14)4-8-15(18-16)11-2-5-13(17)6-3-11/h2-10H,17H2,1H3. The third kappa shape index (κ3) is 2.22. The zero-order valence-corrected chi connectivity index (χ0v) is 10.6. The molecule has 94 valence electrons. The van der Waals surface area contributed by atoms with Crippen LogP contribution in [0.25, 0.3) is 22.2 Å². The lowest BCUT2D eigenvalue weighted by atomic mass is 10.1. The average molecular weight is 250 g/mol. The SMILES string of the molecule is COc1ccc2nc(-c3ccc(N)cc3)ccc2c1. The van der Waals surface area contributed by atoms with Gasteiger partial charge in [-0.05, 0) is 36.4 Å². The topological polar surface area (TPSA) is 48.1 Å². The van der Waals surface area contributed by atoms with Crippen LogP contribution in [0, 0.1) is 0 Å². The first kappa shape index (κ1) is 11.5. The van der Waals surface area contributed by atoms with Crippen molar-refractivity contribution in [3.63, 3.8) is 0 Å². The highest BCUT2D eigenvalue weighted by Gasteiger charge is 2.02. The minimum absolute atomic E-state index is 0.759. The van der Waals surface area contributed by atoms with Crippen LogP contribution in [0.4, 0.5) is 5.69 Å². The Kier molecular flexibility index (Phi) is 2.80. The van der Waals surface area contributed by atoms with Gasteiger partial charge >= 0.3 is 0 Å². The van der Waals surface area contributed by atoms with Crippen molar-refractivity contribution in [3.8, 4) is 17.0 Å². The van der Waals surface area contributed by atoms with E-state index < -0.39 is 0 Å². The normalized spacial score (nSPS) is 10.6. The molecular weight excluding hydrogens is 236 g/mol. The smallest absolute Gasteiger partial charge is 0.119 e. The van der Waals surface area contributed by atoms with Crippen molar-refractivity contribution in [2.45, 2.75) is 0 Å². The quantitative estimate of drug-likeness (QED) is 0.708. The van der Waals surface area contributed by atoms with Crippen molar-refractivity contribution < 1.29 is 4.74 Å². The molecule has 19 heavy (non-hydrogen) atoms. The van der Waals surface area contributed by atoms with Crippen LogP contribution >= 0.6 is 0 Å². The molecule has 0 fully saturated rings. The van der Waals surface area contributed by atoms with E-state index in [1.54, 1.807) is 7.11 Å². The van der Waals surface area contributed by atoms with E-state index in [-0.39, 0.29) is 0 Å². The number of hydrogen-bond donors (Lipinski definition) is 1. The number of ether oxygens (including phenoxy) is 1. The van der Waals surface area contributed by atoms with Gasteiger partial charge in [-0.25, -0.2) is 4.98 Å². The van der Waals surface area contributed by atoms with Crippen LogP contribution in [0.15, 0.2) is 54.6 Å². The van der Waals surface area contributed by atoms with Crippen molar-refractivity contribution in [2.75, 3.05) is 12.8 Å². The fraction of sp³-hybridized carbons (Fsp3) is 0.0625. The van der Waals surface area contributed by atoms with E-state index in [2.05, 4.69) is 11.1 Å². The number of hydrogen-bond acceptors (Lipinski definition) is 3. The third-order valence-corrected chi connectivity index (χ3v) is 3.10. The molecule has 0 aliphatic heterocycles. The maximum absolute atomic E-state index is 5.69. The van der Waals surface area contributed by atoms with E-state index >= 15 is 0 Å². The van der Waals surface area contributed by atoms with E-state index in [1.807, 2.05) is 48.5 Å². The molecule has 2 N–H and O–H groups in total. The van der Waals surface area contributed by atoms with Crippen molar-refractivity contribution >= 4 is 16.6 Å². The Balaban J connectivity index is 2.08. The molecule has 1 aromatic heterocycles. The number of anilines is 1. The number of nitrogens with two attached hydrogens (primary N) is 1. The van der Waals surface area contributed by atoms with Gasteiger partial charge in [0.25, 0.3) is 0 Å². The van der Waals surface area contributed by atoms with E-state index in [9.17, 15) is 0 Å². The Bertz CT molecular complexity index is 720. The van der Waals surface area contributed by atoms with Gasteiger partial charge < -0.3 is 10.5 Å². The first-order valence-corrected chi connectivity index (χ1v) is 6.07. The Morgan fingerprint density at radius 1 is 0.947 bits per heavy atom. The molecule has 2 aromatic carbocycles. The number of benzene rings is 2. The minimum atomic E-state index is 0.759. The highest BCUT2D eigenvalue weighted by Crippen LogP contribution is 2.24. The van der Waals surface area contributed by atoms with E-state index in [0.717, 1.165) is 33.6 Å². The lowest BCUT2D eigenvalue weighted by Gasteiger charge is -2.05. The van der Waals surface area contributed by atoms with E-state index in [4.69, 9.17) is 10.5 Å². The van der Waals surface area contributed by atoms with Gasteiger partial charge in [-0.3, -0.25) is 0 Å². The minimum Gasteiger partial charge on any atom is -0.497 e.